The van der Waals surface area contributed by atoms with Crippen molar-refractivity contribution in [2.24, 2.45) is 17.8 Å². The van der Waals surface area contributed by atoms with Gasteiger partial charge in [0.1, 0.15) is 10.6 Å². The molecule has 3 aliphatic rings. The smallest absolute Gasteiger partial charge is 0.435 e. The minimum absolute atomic E-state index is 0.150. The predicted molar refractivity (Wildman–Crippen MR) is 143 cm³/mol. The van der Waals surface area contributed by atoms with E-state index in [1.807, 2.05) is 0 Å². The third kappa shape index (κ3) is 4.99. The van der Waals surface area contributed by atoms with Crippen molar-refractivity contribution in [2.45, 2.75) is 79.2 Å². The van der Waals surface area contributed by atoms with Crippen molar-refractivity contribution in [3.05, 3.63) is 65.0 Å². The summed E-state index contributed by atoms with van der Waals surface area (Å²) in [5, 5.41) is 9.41. The minimum Gasteiger partial charge on any atom is -0.481 e. The Labute approximate surface area is 253 Å². The molecule has 2 aliphatic carbocycles. The number of fused-ring (bicyclic) bond motifs is 3. The number of alkyl halides is 7. The third-order valence-corrected chi connectivity index (χ3v) is 12.3. The van der Waals surface area contributed by atoms with Gasteiger partial charge in [-0.2, -0.15) is 26.3 Å². The normalized spacial score (nSPS) is 27.5. The van der Waals surface area contributed by atoms with Crippen LogP contribution in [0, 0.1) is 23.6 Å². The van der Waals surface area contributed by atoms with Crippen LogP contribution in [0.25, 0.3) is 0 Å². The summed E-state index contributed by atoms with van der Waals surface area (Å²) in [6.45, 7) is 1.57. The van der Waals surface area contributed by atoms with Crippen molar-refractivity contribution in [1.82, 2.24) is 4.90 Å². The summed E-state index contributed by atoms with van der Waals surface area (Å²) in [4.78, 5) is 26.3. The van der Waals surface area contributed by atoms with Gasteiger partial charge in [0.2, 0.25) is 5.91 Å². The number of carboxylic acid groups (broad SMARTS) is 1. The van der Waals surface area contributed by atoms with Gasteiger partial charge in [0.25, 0.3) is 0 Å². The van der Waals surface area contributed by atoms with Gasteiger partial charge in [-0.05, 0) is 73.8 Å². The first kappa shape index (κ1) is 33.1. The van der Waals surface area contributed by atoms with Gasteiger partial charge in [-0.3, -0.25) is 9.59 Å². The van der Waals surface area contributed by atoms with E-state index in [2.05, 4.69) is 0 Å². The lowest BCUT2D eigenvalue weighted by molar-refractivity contribution is -0.348. The van der Waals surface area contributed by atoms with Crippen LogP contribution in [0.1, 0.15) is 55.7 Å². The number of halogens is 8. The number of aliphatic carboxylic acids is 1. The zero-order chi connectivity index (χ0) is 33.3. The van der Waals surface area contributed by atoms with Crippen LogP contribution in [-0.4, -0.2) is 55.2 Å². The number of carbonyl (C=O) groups is 2. The van der Waals surface area contributed by atoms with Gasteiger partial charge in [0.15, 0.2) is 9.84 Å². The Hall–Kier alpha value is -3.23. The first-order chi connectivity index (χ1) is 20.8. The average Bonchev–Trinajstić information content (AvgIpc) is 3.36. The minimum atomic E-state index is -6.38. The molecule has 6 nitrogen and oxygen atoms in total. The van der Waals surface area contributed by atoms with Crippen LogP contribution in [0.15, 0.2) is 47.4 Å². The fraction of sp³-hybridized carbons (Fsp3) is 0.533. The standard InChI is InChI=1S/C30H29F8NO5S/c1-16-13-18(26(41)42)5-8-22(16)25(40)39-12-11-27(45(43,44)21-4-2-3-20(31)15-21)23-9-7-19(14-17(23)6-10-24(27)39)28(32,29(33,34)35)30(36,37)38/h2-4,7,9,14-16,18,22,24H,5-6,8,10-13H2,1H3,(H,41,42)/t16?,18?,22-,24?,27?/m1/s1. The lowest BCUT2D eigenvalue weighted by atomic mass is 9.73. The highest BCUT2D eigenvalue weighted by Gasteiger charge is 2.74. The molecule has 1 saturated heterocycles. The molecule has 0 spiro atoms. The molecule has 0 radical (unpaired) electrons. The molecule has 5 rings (SSSR count). The summed E-state index contributed by atoms with van der Waals surface area (Å²) in [5.41, 5.74) is -7.93. The molecule has 5 atom stereocenters. The first-order valence-corrected chi connectivity index (χ1v) is 15.8. The number of hydrogen-bond donors (Lipinski definition) is 1. The molecule has 15 heteroatoms. The average molecular weight is 668 g/mol. The number of nitrogens with zero attached hydrogens (tertiary/aromatic N) is 1. The molecule has 2 fully saturated rings. The van der Waals surface area contributed by atoms with Gasteiger partial charge in [0.05, 0.1) is 16.9 Å². The van der Waals surface area contributed by atoms with E-state index in [-0.39, 0.29) is 68.2 Å². The molecular formula is C30H29F8NO5S. The monoisotopic (exact) mass is 667 g/mol. The van der Waals surface area contributed by atoms with Crippen molar-refractivity contribution in [1.29, 1.82) is 0 Å². The second-order valence-electron chi connectivity index (χ2n) is 12.1. The number of aryl methyl sites for hydroxylation is 1. The van der Waals surface area contributed by atoms with E-state index >= 15 is 4.39 Å². The summed E-state index contributed by atoms with van der Waals surface area (Å²) >= 11 is 0. The molecule has 2 aromatic rings. The highest BCUT2D eigenvalue weighted by Crippen LogP contribution is 2.57. The van der Waals surface area contributed by atoms with Gasteiger partial charge >= 0.3 is 24.0 Å². The molecule has 0 bridgehead atoms. The van der Waals surface area contributed by atoms with Crippen LogP contribution in [0.5, 0.6) is 0 Å². The second kappa shape index (κ2) is 10.9. The summed E-state index contributed by atoms with van der Waals surface area (Å²) in [6, 6.07) is 4.22. The Morgan fingerprint density at radius 1 is 0.956 bits per heavy atom. The van der Waals surface area contributed by atoms with E-state index < -0.39 is 78.6 Å². The Kier molecular flexibility index (Phi) is 8.06. The van der Waals surface area contributed by atoms with Gasteiger partial charge in [0, 0.05) is 18.0 Å². The Morgan fingerprint density at radius 2 is 1.62 bits per heavy atom. The molecule has 246 valence electrons. The maximum Gasteiger partial charge on any atom is 0.435 e. The largest absolute Gasteiger partial charge is 0.481 e. The van der Waals surface area contributed by atoms with Gasteiger partial charge in [-0.1, -0.05) is 31.2 Å². The predicted octanol–water partition coefficient (Wildman–Crippen LogP) is 6.47. The van der Waals surface area contributed by atoms with E-state index in [1.165, 1.54) is 4.90 Å². The van der Waals surface area contributed by atoms with Crippen molar-refractivity contribution in [2.75, 3.05) is 6.54 Å². The Bertz CT molecular complexity index is 1610. The lowest BCUT2D eigenvalue weighted by Gasteiger charge is -2.44. The highest BCUT2D eigenvalue weighted by molar-refractivity contribution is 7.92. The zero-order valence-electron chi connectivity index (χ0n) is 23.8. The maximum absolute atomic E-state index is 15.0. The van der Waals surface area contributed by atoms with Gasteiger partial charge in [-0.15, -0.1) is 0 Å². The van der Waals surface area contributed by atoms with Crippen LogP contribution >= 0.6 is 0 Å². The first-order valence-electron chi connectivity index (χ1n) is 14.3. The number of benzene rings is 2. The van der Waals surface area contributed by atoms with Crippen LogP contribution < -0.4 is 0 Å². The van der Waals surface area contributed by atoms with E-state index in [0.717, 1.165) is 30.3 Å². The molecule has 1 N–H and O–H groups in total. The lowest BCUT2D eigenvalue weighted by Crippen LogP contribution is -2.54. The Balaban J connectivity index is 1.64. The zero-order valence-corrected chi connectivity index (χ0v) is 24.6. The number of carboxylic acids is 1. The van der Waals surface area contributed by atoms with E-state index in [0.29, 0.717) is 6.07 Å². The van der Waals surface area contributed by atoms with Crippen LogP contribution in [0.2, 0.25) is 0 Å². The van der Waals surface area contributed by atoms with E-state index in [1.54, 1.807) is 6.92 Å². The Morgan fingerprint density at radius 3 is 2.20 bits per heavy atom. The number of rotatable bonds is 5. The van der Waals surface area contributed by atoms with Crippen molar-refractivity contribution >= 4 is 21.7 Å². The maximum atomic E-state index is 15.0. The quantitative estimate of drug-likeness (QED) is 0.370. The molecule has 2 aromatic carbocycles. The van der Waals surface area contributed by atoms with Crippen LogP contribution in [0.3, 0.4) is 0 Å². The van der Waals surface area contributed by atoms with E-state index in [9.17, 15) is 53.8 Å². The molecule has 1 aliphatic heterocycles. The summed E-state index contributed by atoms with van der Waals surface area (Å²) in [5.74, 6) is -4.02. The molecule has 1 saturated carbocycles. The molecule has 4 unspecified atom stereocenters. The molecular weight excluding hydrogens is 638 g/mol. The topological polar surface area (TPSA) is 91.8 Å². The van der Waals surface area contributed by atoms with Crippen LogP contribution in [-0.2, 0) is 36.3 Å². The fourth-order valence-electron chi connectivity index (χ4n) is 7.54. The number of amides is 1. The van der Waals surface area contributed by atoms with Crippen molar-refractivity contribution < 1.29 is 58.2 Å². The summed E-state index contributed by atoms with van der Waals surface area (Å²) in [6.07, 6.45) is -12.9. The number of hydrogen-bond acceptors (Lipinski definition) is 4. The number of carbonyl (C=O) groups excluding carboxylic acids is 1. The number of sulfone groups is 1. The van der Waals surface area contributed by atoms with Crippen molar-refractivity contribution in [3.8, 4) is 0 Å². The molecule has 0 aromatic heterocycles. The third-order valence-electron chi connectivity index (χ3n) is 9.77. The van der Waals surface area contributed by atoms with Crippen molar-refractivity contribution in [3.63, 3.8) is 0 Å². The van der Waals surface area contributed by atoms with E-state index in [4.69, 9.17) is 0 Å². The summed E-state index contributed by atoms with van der Waals surface area (Å²) in [7, 11) is -4.68. The summed E-state index contributed by atoms with van der Waals surface area (Å²) < 4.78 is 137. The second-order valence-corrected chi connectivity index (χ2v) is 14.4. The number of likely N-dealkylation sites (tertiary alicyclic amines) is 1. The van der Waals surface area contributed by atoms with Crippen LogP contribution in [0.4, 0.5) is 35.1 Å². The molecule has 45 heavy (non-hydrogen) atoms. The molecule has 1 amide bonds. The molecule has 1 heterocycles. The highest BCUT2D eigenvalue weighted by atomic mass is 32.2. The fourth-order valence-corrected chi connectivity index (χ4v) is 9.94. The SMILES string of the molecule is CC1CC(C(=O)O)CC[C@H]1C(=O)N1CCC2(S(=O)(=O)c3cccc(F)c3)c3ccc(C(F)(C(F)(F)F)C(F)(F)F)cc3CCC12. The van der Waals surface area contributed by atoms with Gasteiger partial charge in [-0.25, -0.2) is 17.2 Å². The van der Waals surface area contributed by atoms with Gasteiger partial charge < -0.3 is 10.0 Å².